The van der Waals surface area contributed by atoms with E-state index in [1.54, 1.807) is 42.7 Å². The zero-order valence-electron chi connectivity index (χ0n) is 17.3. The second kappa shape index (κ2) is 8.84. The van der Waals surface area contributed by atoms with Gasteiger partial charge in [-0.1, -0.05) is 12.1 Å². The van der Waals surface area contributed by atoms with E-state index in [0.717, 1.165) is 43.0 Å². The highest BCUT2D eigenvalue weighted by molar-refractivity contribution is 5.65. The van der Waals surface area contributed by atoms with Gasteiger partial charge >= 0.3 is 0 Å². The van der Waals surface area contributed by atoms with E-state index in [1.165, 1.54) is 18.2 Å². The quantitative estimate of drug-likeness (QED) is 0.467. The zero-order chi connectivity index (χ0) is 21.9. The molecular weight excluding hydrogens is 410 g/mol. The van der Waals surface area contributed by atoms with Crippen molar-refractivity contribution in [2.45, 2.75) is 18.9 Å². The second-order valence-electron chi connectivity index (χ2n) is 7.70. The molecule has 2 N–H and O–H groups in total. The van der Waals surface area contributed by atoms with E-state index < -0.39 is 0 Å². The number of hydrogen-bond donors (Lipinski definition) is 2. The Morgan fingerprint density at radius 2 is 1.72 bits per heavy atom. The fourth-order valence-electron chi connectivity index (χ4n) is 4.04. The lowest BCUT2D eigenvalue weighted by Gasteiger charge is -2.27. The standard InChI is InChI=1S/C24H22F2N6/c25-17-7-5-16(6-8-17)23-29-15-22(32(23)18-9-12-27-13-10-18)21-11-14-28-24(31-21)30-20-4-2-1-3-19(20)26/h1-8,11,14-15,18,27H,9-10,12-13H2,(H,28,30,31). The van der Waals surface area contributed by atoms with Crippen LogP contribution in [-0.2, 0) is 0 Å². The first-order chi connectivity index (χ1) is 15.7. The van der Waals surface area contributed by atoms with Gasteiger partial charge in [0.15, 0.2) is 0 Å². The van der Waals surface area contributed by atoms with Crippen molar-refractivity contribution in [3.05, 3.63) is 78.6 Å². The van der Waals surface area contributed by atoms with Gasteiger partial charge in [-0.15, -0.1) is 0 Å². The number of benzene rings is 2. The normalized spacial score (nSPS) is 14.4. The van der Waals surface area contributed by atoms with Gasteiger partial charge in [-0.05, 0) is 68.4 Å². The van der Waals surface area contributed by atoms with Gasteiger partial charge < -0.3 is 15.2 Å². The van der Waals surface area contributed by atoms with Crippen LogP contribution in [0.4, 0.5) is 20.4 Å². The number of nitrogens with zero attached hydrogens (tertiary/aromatic N) is 4. The van der Waals surface area contributed by atoms with Crippen molar-refractivity contribution in [1.29, 1.82) is 0 Å². The van der Waals surface area contributed by atoms with Crippen LogP contribution in [0.1, 0.15) is 18.9 Å². The number of aromatic nitrogens is 4. The second-order valence-corrected chi connectivity index (χ2v) is 7.70. The van der Waals surface area contributed by atoms with Crippen LogP contribution in [0.25, 0.3) is 22.8 Å². The van der Waals surface area contributed by atoms with Gasteiger partial charge in [-0.25, -0.2) is 23.7 Å². The lowest BCUT2D eigenvalue weighted by atomic mass is 10.0. The van der Waals surface area contributed by atoms with Crippen LogP contribution in [0.15, 0.2) is 67.0 Å². The van der Waals surface area contributed by atoms with E-state index in [-0.39, 0.29) is 17.7 Å². The molecule has 0 aliphatic carbocycles. The largest absolute Gasteiger partial charge is 0.322 e. The fourth-order valence-corrected chi connectivity index (χ4v) is 4.04. The number of para-hydroxylation sites is 1. The number of piperidine rings is 1. The van der Waals surface area contributed by atoms with Gasteiger partial charge in [0.1, 0.15) is 17.5 Å². The maximum atomic E-state index is 14.1. The number of rotatable bonds is 5. The highest BCUT2D eigenvalue weighted by Crippen LogP contribution is 2.33. The Morgan fingerprint density at radius 3 is 2.50 bits per heavy atom. The topological polar surface area (TPSA) is 67.7 Å². The molecule has 3 heterocycles. The van der Waals surface area contributed by atoms with E-state index in [9.17, 15) is 8.78 Å². The third-order valence-electron chi connectivity index (χ3n) is 5.61. The smallest absolute Gasteiger partial charge is 0.227 e. The molecule has 0 amide bonds. The maximum Gasteiger partial charge on any atom is 0.227 e. The number of nitrogens with one attached hydrogen (secondary N) is 2. The lowest BCUT2D eigenvalue weighted by Crippen LogP contribution is -2.30. The molecule has 0 spiro atoms. The van der Waals surface area contributed by atoms with Crippen LogP contribution in [0.2, 0.25) is 0 Å². The first kappa shape index (κ1) is 20.3. The summed E-state index contributed by atoms with van der Waals surface area (Å²) in [5.74, 6) is 0.413. The van der Waals surface area contributed by atoms with Gasteiger partial charge in [0, 0.05) is 17.8 Å². The summed E-state index contributed by atoms with van der Waals surface area (Å²) in [5, 5.41) is 6.34. The molecule has 1 aliphatic rings. The average Bonchev–Trinajstić information content (AvgIpc) is 3.27. The zero-order valence-corrected chi connectivity index (χ0v) is 17.3. The molecule has 2 aromatic heterocycles. The Labute approximate surface area is 184 Å². The summed E-state index contributed by atoms with van der Waals surface area (Å²) in [6.45, 7) is 1.82. The van der Waals surface area contributed by atoms with E-state index in [1.807, 2.05) is 6.07 Å². The third kappa shape index (κ3) is 4.09. The van der Waals surface area contributed by atoms with Crippen molar-refractivity contribution < 1.29 is 8.78 Å². The summed E-state index contributed by atoms with van der Waals surface area (Å²) in [6, 6.07) is 14.8. The Morgan fingerprint density at radius 1 is 0.938 bits per heavy atom. The maximum absolute atomic E-state index is 14.1. The predicted octanol–water partition coefficient (Wildman–Crippen LogP) is 4.95. The van der Waals surface area contributed by atoms with Gasteiger partial charge in [0.05, 0.1) is 23.3 Å². The van der Waals surface area contributed by atoms with Gasteiger partial charge in [0.2, 0.25) is 5.95 Å². The molecule has 0 saturated carbocycles. The molecule has 162 valence electrons. The Hall–Kier alpha value is -3.65. The van der Waals surface area contributed by atoms with Crippen LogP contribution in [0, 0.1) is 11.6 Å². The minimum Gasteiger partial charge on any atom is -0.322 e. The molecule has 0 unspecified atom stereocenters. The van der Waals surface area contributed by atoms with Crippen LogP contribution < -0.4 is 10.6 Å². The Balaban J connectivity index is 1.56. The minimum atomic E-state index is -0.375. The van der Waals surface area contributed by atoms with Gasteiger partial charge in [0.25, 0.3) is 0 Å². The number of imidazole rings is 1. The summed E-state index contributed by atoms with van der Waals surface area (Å²) < 4.78 is 29.7. The average molecular weight is 432 g/mol. The number of anilines is 2. The molecule has 0 atom stereocenters. The summed E-state index contributed by atoms with van der Waals surface area (Å²) in [6.07, 6.45) is 5.32. The third-order valence-corrected chi connectivity index (χ3v) is 5.61. The highest BCUT2D eigenvalue weighted by atomic mass is 19.1. The molecule has 4 aromatic rings. The molecule has 32 heavy (non-hydrogen) atoms. The Bertz CT molecular complexity index is 1220. The van der Waals surface area contributed by atoms with Crippen LogP contribution in [0.3, 0.4) is 0 Å². The summed E-state index contributed by atoms with van der Waals surface area (Å²) >= 11 is 0. The van der Waals surface area contributed by atoms with Crippen LogP contribution in [0.5, 0.6) is 0 Å². The molecule has 1 aliphatic heterocycles. The Kier molecular flexibility index (Phi) is 5.60. The molecular formula is C24H22F2N6. The summed E-state index contributed by atoms with van der Waals surface area (Å²) in [7, 11) is 0. The van der Waals surface area contributed by atoms with Gasteiger partial charge in [-0.2, -0.15) is 0 Å². The van der Waals surface area contributed by atoms with E-state index in [2.05, 4.69) is 30.2 Å². The molecule has 0 radical (unpaired) electrons. The summed E-state index contributed by atoms with van der Waals surface area (Å²) in [4.78, 5) is 13.6. The fraction of sp³-hybridized carbons (Fsp3) is 0.208. The van der Waals surface area contributed by atoms with Crippen molar-refractivity contribution in [3.63, 3.8) is 0 Å². The molecule has 1 saturated heterocycles. The molecule has 2 aromatic carbocycles. The lowest BCUT2D eigenvalue weighted by molar-refractivity contribution is 0.373. The molecule has 8 heteroatoms. The first-order valence-electron chi connectivity index (χ1n) is 10.6. The number of halogens is 2. The molecule has 6 nitrogen and oxygen atoms in total. The van der Waals surface area contributed by atoms with E-state index >= 15 is 0 Å². The first-order valence-corrected chi connectivity index (χ1v) is 10.6. The highest BCUT2D eigenvalue weighted by Gasteiger charge is 2.23. The van der Waals surface area contributed by atoms with Gasteiger partial charge in [-0.3, -0.25) is 0 Å². The van der Waals surface area contributed by atoms with E-state index in [0.29, 0.717) is 17.3 Å². The number of hydrogen-bond acceptors (Lipinski definition) is 5. The van der Waals surface area contributed by atoms with Crippen molar-refractivity contribution in [1.82, 2.24) is 24.8 Å². The molecule has 0 bridgehead atoms. The van der Waals surface area contributed by atoms with Crippen molar-refractivity contribution >= 4 is 11.6 Å². The van der Waals surface area contributed by atoms with Crippen molar-refractivity contribution in [2.24, 2.45) is 0 Å². The van der Waals surface area contributed by atoms with Crippen LogP contribution in [-0.4, -0.2) is 32.6 Å². The van der Waals surface area contributed by atoms with Crippen molar-refractivity contribution in [2.75, 3.05) is 18.4 Å². The molecule has 1 fully saturated rings. The monoisotopic (exact) mass is 432 g/mol. The molecule has 5 rings (SSSR count). The van der Waals surface area contributed by atoms with E-state index in [4.69, 9.17) is 0 Å². The predicted molar refractivity (Wildman–Crippen MR) is 119 cm³/mol. The minimum absolute atomic E-state index is 0.228. The van der Waals surface area contributed by atoms with Crippen molar-refractivity contribution in [3.8, 4) is 22.8 Å². The SMILES string of the molecule is Fc1ccc(-c2ncc(-c3ccnc(Nc4ccccc4F)n3)n2C2CCNCC2)cc1. The summed E-state index contributed by atoms with van der Waals surface area (Å²) in [5.41, 5.74) is 2.67. The van der Waals surface area contributed by atoms with Crippen LogP contribution >= 0.6 is 0 Å².